The number of allylic oxidation sites excluding steroid dienone is 12. The molecule has 37 heavy (non-hydrogen) atoms. The van der Waals surface area contributed by atoms with Gasteiger partial charge in [0.25, 0.3) is 0 Å². The van der Waals surface area contributed by atoms with E-state index in [0.29, 0.717) is 17.8 Å². The van der Waals surface area contributed by atoms with Crippen molar-refractivity contribution in [2.45, 2.75) is 53.4 Å². The lowest BCUT2D eigenvalue weighted by molar-refractivity contribution is -0.108. The van der Waals surface area contributed by atoms with Gasteiger partial charge in [0.15, 0.2) is 5.82 Å². The highest BCUT2D eigenvalue weighted by Crippen LogP contribution is 2.20. The summed E-state index contributed by atoms with van der Waals surface area (Å²) in [5, 5.41) is 12.7. The van der Waals surface area contributed by atoms with Gasteiger partial charge < -0.3 is 15.1 Å². The third-order valence-electron chi connectivity index (χ3n) is 6.01. The van der Waals surface area contributed by atoms with Gasteiger partial charge in [0.05, 0.1) is 5.69 Å². The van der Waals surface area contributed by atoms with E-state index in [-0.39, 0.29) is 0 Å². The van der Waals surface area contributed by atoms with Crippen LogP contribution < -0.4 is 0 Å². The molecule has 0 saturated carbocycles. The van der Waals surface area contributed by atoms with E-state index < -0.39 is 0 Å². The number of hydrogen-bond acceptors (Lipinski definition) is 5. The van der Waals surface area contributed by atoms with E-state index in [1.165, 1.54) is 6.21 Å². The van der Waals surface area contributed by atoms with Crippen molar-refractivity contribution in [3.8, 4) is 0 Å². The van der Waals surface area contributed by atoms with Gasteiger partial charge in [-0.05, 0) is 82.0 Å². The number of aliphatic imine (C=N–C) groups is 1. The first-order valence-electron chi connectivity index (χ1n) is 13.0. The molecule has 0 bridgehead atoms. The highest BCUT2D eigenvalue weighted by molar-refractivity contribution is 5.92. The zero-order valence-corrected chi connectivity index (χ0v) is 22.7. The lowest BCUT2D eigenvalue weighted by Crippen LogP contribution is -2.25. The van der Waals surface area contributed by atoms with Crippen LogP contribution in [0.2, 0.25) is 0 Å². The maximum atomic E-state index is 10.6. The van der Waals surface area contributed by atoms with E-state index in [1.54, 1.807) is 4.68 Å². The van der Waals surface area contributed by atoms with E-state index in [9.17, 15) is 4.79 Å². The van der Waals surface area contributed by atoms with E-state index >= 15 is 0 Å². The van der Waals surface area contributed by atoms with Crippen molar-refractivity contribution in [2.24, 2.45) is 4.99 Å². The number of carbonyl (C=O) groups is 1. The Kier molecular flexibility index (Phi) is 13.5. The molecule has 0 fully saturated rings. The minimum absolute atomic E-state index is 0.596. The van der Waals surface area contributed by atoms with Gasteiger partial charge in [-0.25, -0.2) is 9.67 Å². The van der Waals surface area contributed by atoms with Gasteiger partial charge in [-0.15, -0.1) is 0 Å². The second-order valence-electron chi connectivity index (χ2n) is 8.82. The summed E-state index contributed by atoms with van der Waals surface area (Å²) in [4.78, 5) is 17.7. The summed E-state index contributed by atoms with van der Waals surface area (Å²) in [7, 11) is 0. The average Bonchev–Trinajstić information content (AvgIpc) is 3.15. The molecule has 0 amide bonds. The molecule has 1 aromatic rings. The second-order valence-corrected chi connectivity index (χ2v) is 8.82. The van der Waals surface area contributed by atoms with Crippen LogP contribution in [0.15, 0.2) is 94.2 Å². The van der Waals surface area contributed by atoms with E-state index in [4.69, 9.17) is 10.4 Å². The van der Waals surface area contributed by atoms with Crippen LogP contribution in [0.3, 0.4) is 0 Å². The fourth-order valence-corrected chi connectivity index (χ4v) is 3.81. The summed E-state index contributed by atoms with van der Waals surface area (Å²) in [6, 6.07) is 1.93. The quantitative estimate of drug-likeness (QED) is 0.127. The van der Waals surface area contributed by atoms with E-state index in [2.05, 4.69) is 54.2 Å². The summed E-state index contributed by atoms with van der Waals surface area (Å²) in [5.41, 5.74) is 4.74. The van der Waals surface area contributed by atoms with Crippen LogP contribution in [0.1, 0.15) is 52.1 Å². The van der Waals surface area contributed by atoms with E-state index in [0.717, 1.165) is 67.6 Å². The minimum Gasteiger partial charge on any atom is -0.308 e. The van der Waals surface area contributed by atoms with Crippen LogP contribution in [-0.4, -0.2) is 53.0 Å². The molecule has 0 spiro atoms. The summed E-state index contributed by atoms with van der Waals surface area (Å²) in [6.07, 6.45) is 28.1. The minimum atomic E-state index is 0.596. The van der Waals surface area contributed by atoms with Crippen molar-refractivity contribution in [2.75, 3.05) is 19.6 Å². The van der Waals surface area contributed by atoms with Gasteiger partial charge >= 0.3 is 0 Å². The zero-order chi connectivity index (χ0) is 26.9. The molecule has 6 heteroatoms. The zero-order valence-electron chi connectivity index (χ0n) is 22.7. The van der Waals surface area contributed by atoms with Gasteiger partial charge in [-0.2, -0.15) is 5.10 Å². The molecule has 6 nitrogen and oxygen atoms in total. The normalized spacial score (nSPS) is 15.4. The molecule has 0 radical (unpaired) electrons. The largest absolute Gasteiger partial charge is 0.308 e. The molecule has 0 atom stereocenters. The van der Waals surface area contributed by atoms with Crippen molar-refractivity contribution in [1.29, 1.82) is 5.41 Å². The Bertz CT molecular complexity index is 1140. The van der Waals surface area contributed by atoms with Gasteiger partial charge in [0, 0.05) is 37.2 Å². The third-order valence-corrected chi connectivity index (χ3v) is 6.01. The van der Waals surface area contributed by atoms with Crippen molar-refractivity contribution in [1.82, 2.24) is 14.7 Å². The molecule has 0 aliphatic heterocycles. The Morgan fingerprint density at radius 2 is 2.11 bits per heavy atom. The van der Waals surface area contributed by atoms with Crippen molar-refractivity contribution in [3.63, 3.8) is 0 Å². The number of aromatic nitrogens is 2. The Morgan fingerprint density at radius 3 is 2.78 bits per heavy atom. The number of aryl methyl sites for hydroxylation is 1. The van der Waals surface area contributed by atoms with Gasteiger partial charge in [-0.1, -0.05) is 55.5 Å². The maximum absolute atomic E-state index is 10.6. The lowest BCUT2D eigenvalue weighted by Gasteiger charge is -2.18. The topological polar surface area (TPSA) is 74.3 Å². The molecule has 1 N–H and O–H groups in total. The Balaban J connectivity index is 2.25. The van der Waals surface area contributed by atoms with Crippen molar-refractivity contribution in [3.05, 3.63) is 94.9 Å². The molecule has 0 aromatic carbocycles. The molecular formula is C31H41N5O. The summed E-state index contributed by atoms with van der Waals surface area (Å²) in [6.45, 7) is 11.0. The predicted molar refractivity (Wildman–Crippen MR) is 157 cm³/mol. The first kappa shape index (κ1) is 29.6. The van der Waals surface area contributed by atoms with Crippen LogP contribution in [-0.2, 0) is 4.79 Å². The number of hydrogen-bond donors (Lipinski definition) is 1. The fraction of sp³-hybridized carbons (Fsp3) is 0.355. The SMILES string of the molecule is C/C=C(\C=C/CCN(CC)CCCC=O)/C=N/C(=C(C=N)\C=C(/C)C1=CCC=CC=C1)n1ccc(C)n1. The number of carbonyl (C=O) groups excluding carboxylic acids is 1. The van der Waals surface area contributed by atoms with Crippen LogP contribution in [0.25, 0.3) is 5.82 Å². The van der Waals surface area contributed by atoms with Crippen LogP contribution in [0, 0.1) is 12.3 Å². The summed E-state index contributed by atoms with van der Waals surface area (Å²) < 4.78 is 1.73. The highest BCUT2D eigenvalue weighted by atomic mass is 16.1. The molecular weight excluding hydrogens is 458 g/mol. The predicted octanol–water partition coefficient (Wildman–Crippen LogP) is 6.66. The highest BCUT2D eigenvalue weighted by Gasteiger charge is 2.08. The number of unbranched alkanes of at least 4 members (excludes halogenated alkanes) is 1. The van der Waals surface area contributed by atoms with Crippen LogP contribution in [0.4, 0.5) is 0 Å². The molecule has 0 unspecified atom stereocenters. The standard InChI is InChI=1S/C31H41N5O/c1-5-28(15-11-12-19-35(6-2)20-13-14-22-37)25-33-31(36-21-18-27(4)34-36)30(24-32)23-26(3)29-16-9-7-8-10-17-29/h5,7-9,11,15-18,21-25,32H,6,10,12-14,19-20H2,1-4H3/b15-11-,26-23+,28-5+,31-30-,32-24?,33-25+. The first-order valence-corrected chi connectivity index (χ1v) is 13.0. The Morgan fingerprint density at radius 1 is 1.27 bits per heavy atom. The van der Waals surface area contributed by atoms with Crippen molar-refractivity contribution >= 4 is 24.5 Å². The monoisotopic (exact) mass is 499 g/mol. The smallest absolute Gasteiger partial charge is 0.162 e. The molecule has 0 saturated heterocycles. The molecule has 2 rings (SSSR count). The number of rotatable bonds is 15. The third kappa shape index (κ3) is 10.5. The second kappa shape index (κ2) is 16.9. The molecule has 1 aromatic heterocycles. The first-order chi connectivity index (χ1) is 18.0. The number of nitrogens with one attached hydrogen (secondary N) is 1. The summed E-state index contributed by atoms with van der Waals surface area (Å²) >= 11 is 0. The van der Waals surface area contributed by atoms with Gasteiger partial charge in [-0.3, -0.25) is 0 Å². The molecule has 1 aliphatic carbocycles. The number of nitrogens with zero attached hydrogens (tertiary/aromatic N) is 4. The Labute approximate surface area is 222 Å². The summed E-state index contributed by atoms with van der Waals surface area (Å²) in [5.74, 6) is 0.596. The molecule has 1 heterocycles. The van der Waals surface area contributed by atoms with E-state index in [1.807, 2.05) is 56.6 Å². The van der Waals surface area contributed by atoms with Gasteiger partial charge in [0.2, 0.25) is 0 Å². The van der Waals surface area contributed by atoms with Gasteiger partial charge in [0.1, 0.15) is 6.29 Å². The molecule has 196 valence electrons. The van der Waals surface area contributed by atoms with Crippen molar-refractivity contribution < 1.29 is 4.79 Å². The maximum Gasteiger partial charge on any atom is 0.162 e. The fourth-order valence-electron chi connectivity index (χ4n) is 3.81. The molecule has 1 aliphatic rings. The lowest BCUT2D eigenvalue weighted by atomic mass is 10.0. The van der Waals surface area contributed by atoms with Crippen LogP contribution >= 0.6 is 0 Å². The van der Waals surface area contributed by atoms with Crippen LogP contribution in [0.5, 0.6) is 0 Å². The number of aldehydes is 1. The average molecular weight is 500 g/mol. The Hall–Kier alpha value is -3.64.